The molecule has 0 aliphatic carbocycles. The lowest BCUT2D eigenvalue weighted by atomic mass is 10.0. The van der Waals surface area contributed by atoms with Gasteiger partial charge in [-0.1, -0.05) is 23.9 Å². The maximum Gasteiger partial charge on any atom is 0.352 e. The lowest BCUT2D eigenvalue weighted by Gasteiger charge is -2.49. The molecule has 3 amide bonds. The molecule has 1 aromatic carbocycles. The number of amides is 3. The monoisotopic (exact) mass is 628 g/mol. The van der Waals surface area contributed by atoms with Crippen LogP contribution in [0.2, 0.25) is 0 Å². The highest BCUT2D eigenvalue weighted by Crippen LogP contribution is 2.41. The van der Waals surface area contributed by atoms with Crippen LogP contribution in [0.1, 0.15) is 11.6 Å². The zero-order chi connectivity index (χ0) is 30.7. The van der Waals surface area contributed by atoms with Crippen LogP contribution in [-0.2, 0) is 26.2 Å². The second-order valence-corrected chi connectivity index (χ2v) is 11.3. The van der Waals surface area contributed by atoms with Gasteiger partial charge in [-0.05, 0) is 33.7 Å². The first-order valence-corrected chi connectivity index (χ1v) is 14.6. The molecule has 224 valence electrons. The minimum Gasteiger partial charge on any atom is -0.508 e. The van der Waals surface area contributed by atoms with E-state index < -0.39 is 53.2 Å². The predicted molar refractivity (Wildman–Crippen MR) is 151 cm³/mol. The van der Waals surface area contributed by atoms with Crippen LogP contribution in [-0.4, -0.2) is 93.5 Å². The number of carboxylic acids is 1. The van der Waals surface area contributed by atoms with E-state index in [0.717, 1.165) is 4.90 Å². The number of phenols is 1. The third kappa shape index (κ3) is 6.33. The molecular weight excluding hydrogens is 604 g/mol. The summed E-state index contributed by atoms with van der Waals surface area (Å²) < 4.78 is 6.71. The van der Waals surface area contributed by atoms with E-state index in [1.54, 1.807) is 7.05 Å². The summed E-state index contributed by atoms with van der Waals surface area (Å²) in [7, 11) is 1.65. The van der Waals surface area contributed by atoms with Crippen LogP contribution in [0.4, 0.5) is 0 Å². The summed E-state index contributed by atoms with van der Waals surface area (Å²) in [6.07, 6.45) is 2.69. The number of aromatic hydroxyl groups is 1. The lowest BCUT2D eigenvalue weighted by molar-refractivity contribution is -0.151. The van der Waals surface area contributed by atoms with Gasteiger partial charge in [0.05, 0.1) is 0 Å². The van der Waals surface area contributed by atoms with Gasteiger partial charge >= 0.3 is 5.97 Å². The Morgan fingerprint density at radius 3 is 2.67 bits per heavy atom. The van der Waals surface area contributed by atoms with Gasteiger partial charge in [-0.15, -0.1) is 16.9 Å². The van der Waals surface area contributed by atoms with Crippen molar-refractivity contribution in [2.24, 2.45) is 7.05 Å². The number of H-pyrrole nitrogens is 1. The van der Waals surface area contributed by atoms with Crippen LogP contribution in [0, 0.1) is 0 Å². The molecule has 18 heteroatoms. The van der Waals surface area contributed by atoms with Crippen LogP contribution in [0.25, 0.3) is 0 Å². The molecule has 5 N–H and O–H groups in total. The van der Waals surface area contributed by atoms with E-state index in [2.05, 4.69) is 31.1 Å². The maximum absolute atomic E-state index is 13.4. The first-order valence-electron chi connectivity index (χ1n) is 12.6. The number of thioether (sulfide) groups is 2. The number of aromatic amines is 1. The SMILES string of the molecule is Cn1nnnc1SCC1=C(C(=O)O)N2C(=O)C(NC(=O)[C@H](NC(=O)COc3c[nH]ccc3=O)c3ccc(O)cc3)[C@H]2SC1. The Labute approximate surface area is 250 Å². The minimum absolute atomic E-state index is 0.0679. The van der Waals surface area contributed by atoms with Crippen molar-refractivity contribution in [3.05, 3.63) is 69.8 Å². The van der Waals surface area contributed by atoms with Crippen molar-refractivity contribution in [1.29, 1.82) is 0 Å². The Bertz CT molecular complexity index is 1660. The third-order valence-electron chi connectivity index (χ3n) is 6.45. The van der Waals surface area contributed by atoms with Crippen molar-refractivity contribution in [1.82, 2.24) is 40.7 Å². The number of pyridine rings is 1. The Hall–Kier alpha value is -4.84. The molecule has 0 bridgehead atoms. The molecule has 16 nitrogen and oxygen atoms in total. The summed E-state index contributed by atoms with van der Waals surface area (Å²) in [5.74, 6) is -3.01. The second-order valence-electron chi connectivity index (χ2n) is 9.28. The van der Waals surface area contributed by atoms with Gasteiger partial charge in [0, 0.05) is 37.0 Å². The van der Waals surface area contributed by atoms with Gasteiger partial charge in [0.1, 0.15) is 28.9 Å². The zero-order valence-electron chi connectivity index (χ0n) is 22.3. The van der Waals surface area contributed by atoms with Gasteiger partial charge < -0.3 is 30.6 Å². The molecule has 4 heterocycles. The molecule has 2 aromatic heterocycles. The largest absolute Gasteiger partial charge is 0.508 e. The van der Waals surface area contributed by atoms with Crippen molar-refractivity contribution in [2.45, 2.75) is 22.6 Å². The molecule has 0 radical (unpaired) electrons. The fourth-order valence-corrected chi connectivity index (χ4v) is 6.69. The molecule has 43 heavy (non-hydrogen) atoms. The number of β-lactam (4-membered cyclic amide) rings is 1. The number of rotatable bonds is 11. The van der Waals surface area contributed by atoms with Gasteiger partial charge in [0.15, 0.2) is 12.4 Å². The fourth-order valence-electron chi connectivity index (χ4n) is 4.35. The number of tetrazole rings is 1. The Morgan fingerprint density at radius 2 is 2.00 bits per heavy atom. The number of benzene rings is 1. The maximum atomic E-state index is 13.4. The molecule has 1 saturated heterocycles. The lowest BCUT2D eigenvalue weighted by Crippen LogP contribution is -2.71. The van der Waals surface area contributed by atoms with Crippen molar-refractivity contribution in [3.8, 4) is 11.5 Å². The third-order valence-corrected chi connectivity index (χ3v) is 8.88. The number of aliphatic carboxylic acids is 1. The fraction of sp³-hybridized carbons (Fsp3) is 0.280. The number of hydrogen-bond donors (Lipinski definition) is 5. The number of carboxylic acid groups (broad SMARTS) is 1. The summed E-state index contributed by atoms with van der Waals surface area (Å²) in [6, 6.07) is 4.38. The van der Waals surface area contributed by atoms with Gasteiger partial charge in [-0.3, -0.25) is 24.1 Å². The summed E-state index contributed by atoms with van der Waals surface area (Å²) in [5, 5.41) is 35.7. The van der Waals surface area contributed by atoms with E-state index in [0.29, 0.717) is 16.3 Å². The van der Waals surface area contributed by atoms with Gasteiger partial charge in [-0.2, -0.15) is 0 Å². The van der Waals surface area contributed by atoms with E-state index in [1.807, 2.05) is 0 Å². The number of aryl methyl sites for hydroxylation is 1. The highest BCUT2D eigenvalue weighted by Gasteiger charge is 2.54. The summed E-state index contributed by atoms with van der Waals surface area (Å²) >= 11 is 2.52. The average Bonchev–Trinajstić information content (AvgIpc) is 3.41. The van der Waals surface area contributed by atoms with Crippen LogP contribution in [0.15, 0.2) is 63.9 Å². The molecular formula is C25H24N8O8S2. The topological polar surface area (TPSA) is 222 Å². The number of nitrogens with zero attached hydrogens (tertiary/aromatic N) is 5. The highest BCUT2D eigenvalue weighted by molar-refractivity contribution is 8.01. The number of aromatic nitrogens is 5. The minimum atomic E-state index is -1.30. The summed E-state index contributed by atoms with van der Waals surface area (Å²) in [6.45, 7) is -0.582. The summed E-state index contributed by atoms with van der Waals surface area (Å²) in [5.41, 5.74) is 0.203. The molecule has 2 aliphatic rings. The molecule has 0 spiro atoms. The zero-order valence-corrected chi connectivity index (χ0v) is 23.9. The van der Waals surface area contributed by atoms with Crippen molar-refractivity contribution in [3.63, 3.8) is 0 Å². The number of ether oxygens (including phenoxy) is 1. The van der Waals surface area contributed by atoms with E-state index in [4.69, 9.17) is 4.74 Å². The van der Waals surface area contributed by atoms with E-state index in [1.165, 1.54) is 70.9 Å². The van der Waals surface area contributed by atoms with Gasteiger partial charge in [-0.25, -0.2) is 9.48 Å². The standard InChI is InChI=1S/C25H24N8O8S2/c1-32-25(29-30-31-32)43-11-13-10-42-23-19(22(38)33(23)20(13)24(39)40)28-21(37)18(12-2-4-14(34)5-3-12)27-17(36)9-41-16-8-26-7-6-15(16)35/h2-8,18-19,23,34H,9-11H2,1H3,(H,26,35)(H,27,36)(H,28,37)(H,39,40)/t18-,19?,23-/m1/s1. The Kier molecular flexibility index (Phi) is 8.67. The van der Waals surface area contributed by atoms with E-state index in [-0.39, 0.29) is 28.7 Å². The molecule has 1 unspecified atom stereocenters. The molecule has 1 fully saturated rings. The van der Waals surface area contributed by atoms with Crippen LogP contribution < -0.4 is 20.8 Å². The molecule has 3 aromatic rings. The predicted octanol–water partition coefficient (Wildman–Crippen LogP) is -0.629. The average molecular weight is 629 g/mol. The Balaban J connectivity index is 1.28. The number of carbonyl (C=O) groups excluding carboxylic acids is 3. The normalized spacial score (nSPS) is 18.3. The second kappa shape index (κ2) is 12.6. The van der Waals surface area contributed by atoms with Crippen molar-refractivity contribution >= 4 is 47.2 Å². The van der Waals surface area contributed by atoms with Gasteiger partial charge in [0.2, 0.25) is 16.5 Å². The van der Waals surface area contributed by atoms with Crippen LogP contribution in [0.5, 0.6) is 11.5 Å². The number of phenolic OH excluding ortho intramolecular Hbond substituents is 1. The van der Waals surface area contributed by atoms with Gasteiger partial charge in [0.25, 0.3) is 11.8 Å². The Morgan fingerprint density at radius 1 is 1.23 bits per heavy atom. The van der Waals surface area contributed by atoms with Crippen molar-refractivity contribution in [2.75, 3.05) is 18.1 Å². The first-order chi connectivity index (χ1) is 20.6. The highest BCUT2D eigenvalue weighted by atomic mass is 32.2. The number of nitrogens with one attached hydrogen (secondary N) is 3. The smallest absolute Gasteiger partial charge is 0.352 e. The first kappa shape index (κ1) is 29.6. The number of fused-ring (bicyclic) bond motifs is 1. The van der Waals surface area contributed by atoms with Crippen LogP contribution >= 0.6 is 23.5 Å². The molecule has 2 aliphatic heterocycles. The van der Waals surface area contributed by atoms with Crippen LogP contribution in [0.3, 0.4) is 0 Å². The quantitative estimate of drug-likeness (QED) is 0.132. The number of hydrogen-bond acceptors (Lipinski definition) is 12. The van der Waals surface area contributed by atoms with E-state index >= 15 is 0 Å². The number of carbonyl (C=O) groups is 4. The van der Waals surface area contributed by atoms with Crippen molar-refractivity contribution < 1.29 is 34.1 Å². The molecule has 5 rings (SSSR count). The molecule has 0 saturated carbocycles. The summed E-state index contributed by atoms with van der Waals surface area (Å²) in [4.78, 5) is 67.2. The van der Waals surface area contributed by atoms with E-state index in [9.17, 15) is 34.2 Å². The molecule has 3 atom stereocenters.